The van der Waals surface area contributed by atoms with E-state index in [1.807, 2.05) is 0 Å². The van der Waals surface area contributed by atoms with Gasteiger partial charge in [-0.05, 0) is 83.5 Å². The number of carboxylic acids is 1. The number of nitrogens with zero attached hydrogens (tertiary/aromatic N) is 2. The van der Waals surface area contributed by atoms with E-state index < -0.39 is 35.3 Å². The lowest BCUT2D eigenvalue weighted by Crippen LogP contribution is -2.48. The van der Waals surface area contributed by atoms with E-state index in [4.69, 9.17) is 36.8 Å². The molecule has 4 N–H and O–H groups in total. The second kappa shape index (κ2) is 12.6. The second-order valence-electron chi connectivity index (χ2n) is 10.2. The van der Waals surface area contributed by atoms with Gasteiger partial charge in [0.2, 0.25) is 5.96 Å². The Hall–Kier alpha value is -4.16. The Labute approximate surface area is 230 Å². The number of hydrogen-bond donors (Lipinski definition) is 3. The first kappa shape index (κ1) is 31.1. The van der Waals surface area contributed by atoms with Crippen molar-refractivity contribution in [2.45, 2.75) is 59.2 Å². The van der Waals surface area contributed by atoms with Crippen molar-refractivity contribution in [3.05, 3.63) is 58.6 Å². The molecule has 12 nitrogen and oxygen atoms in total. The molecule has 0 aliphatic heterocycles. The number of hydrazine groups is 1. The summed E-state index contributed by atoms with van der Waals surface area (Å²) >= 11 is 6.07. The van der Waals surface area contributed by atoms with Gasteiger partial charge in [-0.1, -0.05) is 17.7 Å². The minimum absolute atomic E-state index is 0.129. The highest BCUT2D eigenvalue weighted by molar-refractivity contribution is 6.31. The zero-order chi connectivity index (χ0) is 29.5. The number of halogens is 1. The molecule has 0 unspecified atom stereocenters. The predicted molar refractivity (Wildman–Crippen MR) is 144 cm³/mol. The highest BCUT2D eigenvalue weighted by Crippen LogP contribution is 2.24. The number of esters is 1. The fourth-order valence-corrected chi connectivity index (χ4v) is 3.03. The van der Waals surface area contributed by atoms with E-state index in [9.17, 15) is 19.2 Å². The van der Waals surface area contributed by atoms with E-state index >= 15 is 0 Å². The molecule has 0 spiro atoms. The molecule has 210 valence electrons. The summed E-state index contributed by atoms with van der Waals surface area (Å²) in [6, 6.07) is 10.0. The van der Waals surface area contributed by atoms with E-state index in [2.05, 4.69) is 10.3 Å². The van der Waals surface area contributed by atoms with Gasteiger partial charge in [0.1, 0.15) is 17.0 Å². The fourth-order valence-electron chi connectivity index (χ4n) is 2.79. The number of guanidine groups is 1. The van der Waals surface area contributed by atoms with Gasteiger partial charge in [0.05, 0.1) is 12.0 Å². The average molecular weight is 563 g/mol. The topological polar surface area (TPSA) is 170 Å². The minimum Gasteiger partial charge on any atom is -0.481 e. The van der Waals surface area contributed by atoms with Crippen molar-refractivity contribution in [3.8, 4) is 5.75 Å². The van der Waals surface area contributed by atoms with Crippen LogP contribution in [0.5, 0.6) is 5.75 Å². The van der Waals surface area contributed by atoms with Crippen LogP contribution < -0.4 is 15.9 Å². The summed E-state index contributed by atoms with van der Waals surface area (Å²) in [5.41, 5.74) is -0.861. The molecule has 2 aromatic carbocycles. The summed E-state index contributed by atoms with van der Waals surface area (Å²) in [4.78, 5) is 52.0. The highest BCUT2D eigenvalue weighted by atomic mass is 35.5. The first-order chi connectivity index (χ1) is 17.9. The SMILES string of the molecule is CC(C)(C)OC(=O)/N=C(/Nc1ccc(C(=O)Oc2ccc(CC(=O)O)c(Cl)c2)cc1)N(N)C(=O)OC(C)(C)C. The summed E-state index contributed by atoms with van der Waals surface area (Å²) in [5, 5.41) is 12.3. The lowest BCUT2D eigenvalue weighted by atomic mass is 10.1. The maximum Gasteiger partial charge on any atom is 0.437 e. The fraction of sp³-hybridized carbons (Fsp3) is 0.346. The van der Waals surface area contributed by atoms with Gasteiger partial charge < -0.3 is 24.6 Å². The second-order valence-corrected chi connectivity index (χ2v) is 10.6. The minimum atomic E-state index is -1.04. The zero-order valence-electron chi connectivity index (χ0n) is 22.4. The van der Waals surface area contributed by atoms with Crippen molar-refractivity contribution in [2.24, 2.45) is 10.8 Å². The Kier molecular flexibility index (Phi) is 10.0. The van der Waals surface area contributed by atoms with Crippen LogP contribution in [0.4, 0.5) is 15.3 Å². The average Bonchev–Trinajstić information content (AvgIpc) is 2.77. The number of amides is 2. The Bertz CT molecular complexity index is 1260. The number of nitrogens with one attached hydrogen (secondary N) is 1. The smallest absolute Gasteiger partial charge is 0.437 e. The molecule has 0 fully saturated rings. The molecule has 0 aliphatic rings. The van der Waals surface area contributed by atoms with Crippen molar-refractivity contribution < 1.29 is 38.5 Å². The molecule has 0 saturated carbocycles. The third-order valence-corrected chi connectivity index (χ3v) is 4.71. The zero-order valence-corrected chi connectivity index (χ0v) is 23.2. The lowest BCUT2D eigenvalue weighted by molar-refractivity contribution is -0.136. The number of benzene rings is 2. The number of hydrogen-bond acceptors (Lipinski definition) is 8. The van der Waals surface area contributed by atoms with Crippen molar-refractivity contribution >= 4 is 47.4 Å². The number of carboxylic acid groups (broad SMARTS) is 1. The van der Waals surface area contributed by atoms with Crippen LogP contribution in [0.1, 0.15) is 57.5 Å². The number of carbonyl (C=O) groups excluding carboxylic acids is 3. The summed E-state index contributed by atoms with van der Waals surface area (Å²) in [5.74, 6) is 3.88. The molecular formula is C26H31ClN4O8. The van der Waals surface area contributed by atoms with E-state index in [0.29, 0.717) is 16.3 Å². The molecule has 13 heteroatoms. The molecule has 39 heavy (non-hydrogen) atoms. The van der Waals surface area contributed by atoms with Crippen LogP contribution >= 0.6 is 11.6 Å². The summed E-state index contributed by atoms with van der Waals surface area (Å²) in [6.45, 7) is 9.89. The first-order valence-corrected chi connectivity index (χ1v) is 12.0. The quantitative estimate of drug-likeness (QED) is 0.0856. The Morgan fingerprint density at radius 3 is 2.08 bits per heavy atom. The molecule has 2 aromatic rings. The molecule has 0 aromatic heterocycles. The molecule has 0 aliphatic carbocycles. The number of ether oxygens (including phenoxy) is 3. The molecular weight excluding hydrogens is 532 g/mol. The van der Waals surface area contributed by atoms with E-state index in [-0.39, 0.29) is 28.7 Å². The maximum absolute atomic E-state index is 12.6. The predicted octanol–water partition coefficient (Wildman–Crippen LogP) is 5.00. The van der Waals surface area contributed by atoms with Crippen LogP contribution in [0.15, 0.2) is 47.5 Å². The number of aliphatic imine (C=N–C) groups is 1. The van der Waals surface area contributed by atoms with Crippen LogP contribution in [0.25, 0.3) is 0 Å². The maximum atomic E-state index is 12.6. The van der Waals surface area contributed by atoms with Gasteiger partial charge in [0.25, 0.3) is 0 Å². The number of anilines is 1. The van der Waals surface area contributed by atoms with E-state index in [1.54, 1.807) is 41.5 Å². The standard InChI is InChI=1S/C26H31ClN4O8/c1-25(2,3)38-23(35)30-22(31(28)24(36)39-26(4,5)6)29-17-10-7-15(8-11-17)21(34)37-18-12-9-16(13-20(32)33)19(27)14-18/h7-12,14H,13,28H2,1-6H3,(H,32,33)(H,29,30,35). The highest BCUT2D eigenvalue weighted by Gasteiger charge is 2.26. The third-order valence-electron chi connectivity index (χ3n) is 4.36. The van der Waals surface area contributed by atoms with Crippen LogP contribution in [-0.4, -0.2) is 51.4 Å². The van der Waals surface area contributed by atoms with E-state index in [1.165, 1.54) is 42.5 Å². The van der Waals surface area contributed by atoms with Crippen LogP contribution in [0, 0.1) is 0 Å². The molecule has 0 heterocycles. The normalized spacial score (nSPS) is 11.8. The lowest BCUT2D eigenvalue weighted by Gasteiger charge is -2.25. The van der Waals surface area contributed by atoms with Gasteiger partial charge in [-0.3, -0.25) is 4.79 Å². The number of rotatable bonds is 5. The Balaban J connectivity index is 2.21. The number of aliphatic carboxylic acids is 1. The van der Waals surface area contributed by atoms with Gasteiger partial charge in [0, 0.05) is 10.7 Å². The monoisotopic (exact) mass is 562 g/mol. The largest absolute Gasteiger partial charge is 0.481 e. The molecule has 2 amide bonds. The van der Waals surface area contributed by atoms with Gasteiger partial charge in [0.15, 0.2) is 0 Å². The van der Waals surface area contributed by atoms with Gasteiger partial charge in [-0.2, -0.15) is 5.01 Å². The van der Waals surface area contributed by atoms with Crippen molar-refractivity contribution in [2.75, 3.05) is 5.32 Å². The molecule has 0 radical (unpaired) electrons. The van der Waals surface area contributed by atoms with Crippen molar-refractivity contribution in [1.29, 1.82) is 0 Å². The first-order valence-electron chi connectivity index (χ1n) is 11.6. The summed E-state index contributed by atoms with van der Waals surface area (Å²) in [6.07, 6.45) is -2.25. The number of carbonyl (C=O) groups is 4. The molecule has 0 bridgehead atoms. The number of nitrogens with two attached hydrogens (primary N) is 1. The van der Waals surface area contributed by atoms with Gasteiger partial charge in [-0.15, -0.1) is 4.99 Å². The van der Waals surface area contributed by atoms with Crippen LogP contribution in [-0.2, 0) is 20.7 Å². The Morgan fingerprint density at radius 2 is 1.56 bits per heavy atom. The summed E-state index contributed by atoms with van der Waals surface area (Å²) < 4.78 is 15.7. The van der Waals surface area contributed by atoms with E-state index in [0.717, 1.165) is 0 Å². The van der Waals surface area contributed by atoms with Crippen molar-refractivity contribution in [1.82, 2.24) is 5.01 Å². The molecule has 0 saturated heterocycles. The van der Waals surface area contributed by atoms with Gasteiger partial charge in [-0.25, -0.2) is 20.2 Å². The molecule has 0 atom stereocenters. The molecule has 2 rings (SSSR count). The van der Waals surface area contributed by atoms with Crippen LogP contribution in [0.3, 0.4) is 0 Å². The van der Waals surface area contributed by atoms with Gasteiger partial charge >= 0.3 is 24.1 Å². The van der Waals surface area contributed by atoms with Crippen LogP contribution in [0.2, 0.25) is 5.02 Å². The third kappa shape index (κ3) is 10.6. The Morgan fingerprint density at radius 1 is 0.974 bits per heavy atom. The summed E-state index contributed by atoms with van der Waals surface area (Å²) in [7, 11) is 0. The van der Waals surface area contributed by atoms with Crippen molar-refractivity contribution in [3.63, 3.8) is 0 Å².